The maximum Gasteiger partial charge on any atom is 0.246 e. The number of ether oxygens (including phenoxy) is 1. The van der Waals surface area contributed by atoms with Crippen LogP contribution in [0.15, 0.2) is 11.8 Å². The zero-order valence-corrected chi connectivity index (χ0v) is 16.6. The molecule has 1 aliphatic rings. The fourth-order valence-electron chi connectivity index (χ4n) is 3.68. The van der Waals surface area contributed by atoms with Crippen molar-refractivity contribution < 1.29 is 14.8 Å². The molecule has 0 saturated carbocycles. The Balaban J connectivity index is 2.25. The van der Waals surface area contributed by atoms with Crippen molar-refractivity contribution in [1.82, 2.24) is 0 Å². The van der Waals surface area contributed by atoms with Gasteiger partial charge >= 0.3 is 0 Å². The van der Waals surface area contributed by atoms with Crippen molar-refractivity contribution in [2.24, 2.45) is 0 Å². The van der Waals surface area contributed by atoms with E-state index in [9.17, 15) is 15.2 Å². The molecule has 0 spiro atoms. The maximum absolute atomic E-state index is 11.5. The van der Waals surface area contributed by atoms with E-state index in [1.807, 2.05) is 27.7 Å². The number of unbranched alkanes of at least 4 members (excludes halogenated alkanes) is 3. The Morgan fingerprint density at radius 2 is 1.96 bits per heavy atom. The molecule has 0 aliphatic carbocycles. The van der Waals surface area contributed by atoms with E-state index in [2.05, 4.69) is 6.92 Å². The minimum atomic E-state index is -0.600. The molecule has 1 atom stereocenters. The van der Waals surface area contributed by atoms with Gasteiger partial charge in [0.1, 0.15) is 17.1 Å². The van der Waals surface area contributed by atoms with E-state index in [1.54, 1.807) is 6.08 Å². The fraction of sp³-hybridized carbons (Fsp3) is 0.619. The van der Waals surface area contributed by atoms with Gasteiger partial charge in [0.2, 0.25) is 5.70 Å². The zero-order chi connectivity index (χ0) is 19.5. The Kier molecular flexibility index (Phi) is 6.32. The summed E-state index contributed by atoms with van der Waals surface area (Å²) in [7, 11) is 0. The molecule has 1 aromatic carbocycles. The summed E-state index contributed by atoms with van der Waals surface area (Å²) in [5, 5.41) is 21.8. The van der Waals surface area contributed by atoms with Gasteiger partial charge in [-0.2, -0.15) is 0 Å². The highest BCUT2D eigenvalue weighted by atomic mass is 16.6. The number of phenolic OH excluding ortho intramolecular Hbond substituents is 1. The number of aromatic hydroxyl groups is 1. The number of phenols is 1. The van der Waals surface area contributed by atoms with E-state index in [-0.39, 0.29) is 10.6 Å². The van der Waals surface area contributed by atoms with Crippen LogP contribution in [-0.4, -0.2) is 15.6 Å². The van der Waals surface area contributed by atoms with Crippen molar-refractivity contribution in [3.63, 3.8) is 0 Å². The summed E-state index contributed by atoms with van der Waals surface area (Å²) in [5.41, 5.74) is 3.26. The van der Waals surface area contributed by atoms with Crippen LogP contribution in [0.4, 0.5) is 0 Å². The molecule has 1 heterocycles. The first kappa shape index (κ1) is 20.3. The van der Waals surface area contributed by atoms with Gasteiger partial charge in [0.05, 0.1) is 11.3 Å². The van der Waals surface area contributed by atoms with Crippen LogP contribution in [0.3, 0.4) is 0 Å². The summed E-state index contributed by atoms with van der Waals surface area (Å²) in [6.07, 6.45) is 7.42. The van der Waals surface area contributed by atoms with Gasteiger partial charge in [-0.25, -0.2) is 0 Å². The molecule has 144 valence electrons. The lowest BCUT2D eigenvalue weighted by atomic mass is 9.85. The second-order valence-corrected chi connectivity index (χ2v) is 7.71. The summed E-state index contributed by atoms with van der Waals surface area (Å²) in [6, 6.07) is 0. The van der Waals surface area contributed by atoms with Gasteiger partial charge in [0.15, 0.2) is 0 Å². The highest BCUT2D eigenvalue weighted by Crippen LogP contribution is 2.44. The smallest absolute Gasteiger partial charge is 0.246 e. The van der Waals surface area contributed by atoms with Crippen LogP contribution >= 0.6 is 0 Å². The second kappa shape index (κ2) is 8.11. The molecule has 0 amide bonds. The molecule has 5 heteroatoms. The fourth-order valence-corrected chi connectivity index (χ4v) is 3.68. The van der Waals surface area contributed by atoms with Crippen LogP contribution in [0.1, 0.15) is 74.6 Å². The van der Waals surface area contributed by atoms with E-state index < -0.39 is 5.60 Å². The highest BCUT2D eigenvalue weighted by Gasteiger charge is 2.37. The highest BCUT2D eigenvalue weighted by molar-refractivity contribution is 5.58. The lowest BCUT2D eigenvalue weighted by Crippen LogP contribution is -2.38. The third-order valence-electron chi connectivity index (χ3n) is 5.57. The second-order valence-electron chi connectivity index (χ2n) is 7.71. The molecule has 0 aromatic heterocycles. The average Bonchev–Trinajstić information content (AvgIpc) is 2.60. The number of nitro groups is 1. The van der Waals surface area contributed by atoms with Crippen molar-refractivity contribution in [3.8, 4) is 11.5 Å². The van der Waals surface area contributed by atoms with Crippen molar-refractivity contribution in [3.05, 3.63) is 44.1 Å². The average molecular weight is 361 g/mol. The molecule has 2 rings (SSSR count). The first-order valence-corrected chi connectivity index (χ1v) is 9.54. The third kappa shape index (κ3) is 4.19. The molecule has 1 aromatic rings. The van der Waals surface area contributed by atoms with E-state index in [0.717, 1.165) is 60.1 Å². The lowest BCUT2D eigenvalue weighted by Gasteiger charge is -2.37. The van der Waals surface area contributed by atoms with Gasteiger partial charge in [-0.1, -0.05) is 19.8 Å². The first-order chi connectivity index (χ1) is 12.2. The molecule has 5 nitrogen and oxygen atoms in total. The summed E-state index contributed by atoms with van der Waals surface area (Å²) in [4.78, 5) is 11.2. The molecule has 0 saturated heterocycles. The third-order valence-corrected chi connectivity index (χ3v) is 5.57. The summed E-state index contributed by atoms with van der Waals surface area (Å²) in [5.74, 6) is 1.12. The van der Waals surface area contributed by atoms with Gasteiger partial charge in [-0.3, -0.25) is 10.1 Å². The Hall–Kier alpha value is -2.04. The molecule has 0 bridgehead atoms. The zero-order valence-electron chi connectivity index (χ0n) is 16.6. The van der Waals surface area contributed by atoms with E-state index in [4.69, 9.17) is 4.74 Å². The Morgan fingerprint density at radius 1 is 1.27 bits per heavy atom. The quantitative estimate of drug-likeness (QED) is 0.393. The van der Waals surface area contributed by atoms with Crippen molar-refractivity contribution in [2.45, 2.75) is 85.2 Å². The maximum atomic E-state index is 11.5. The number of nitrogens with zero attached hydrogens (tertiary/aromatic N) is 1. The van der Waals surface area contributed by atoms with Crippen molar-refractivity contribution >= 4 is 0 Å². The van der Waals surface area contributed by atoms with Crippen LogP contribution < -0.4 is 4.74 Å². The normalized spacial score (nSPS) is 19.8. The van der Waals surface area contributed by atoms with Crippen LogP contribution in [-0.2, 0) is 6.42 Å². The first-order valence-electron chi connectivity index (χ1n) is 9.54. The molecule has 1 aliphatic heterocycles. The molecule has 0 fully saturated rings. The van der Waals surface area contributed by atoms with Gasteiger partial charge in [-0.05, 0) is 76.1 Å². The van der Waals surface area contributed by atoms with Crippen LogP contribution in [0, 0.1) is 30.9 Å². The standard InChI is InChI=1S/C21H31NO4/c1-6-7-8-9-10-17(22(24)25)13-21(5)12-11-18-16(4)19(23)14(2)15(3)20(18)26-21/h10,23H,6-9,11-13H2,1-5H3. The number of benzene rings is 1. The molecule has 1 N–H and O–H groups in total. The van der Waals surface area contributed by atoms with Crippen LogP contribution in [0.25, 0.3) is 0 Å². The Morgan fingerprint density at radius 3 is 2.58 bits per heavy atom. The number of fused-ring (bicyclic) bond motifs is 1. The predicted molar refractivity (Wildman–Crippen MR) is 104 cm³/mol. The summed E-state index contributed by atoms with van der Waals surface area (Å²) >= 11 is 0. The number of rotatable bonds is 7. The number of hydrogen-bond acceptors (Lipinski definition) is 4. The topological polar surface area (TPSA) is 72.6 Å². The van der Waals surface area contributed by atoms with Gasteiger partial charge in [0, 0.05) is 5.56 Å². The summed E-state index contributed by atoms with van der Waals surface area (Å²) < 4.78 is 6.32. The largest absolute Gasteiger partial charge is 0.507 e. The van der Waals surface area contributed by atoms with Gasteiger partial charge in [0.25, 0.3) is 0 Å². The van der Waals surface area contributed by atoms with Crippen LogP contribution in [0.5, 0.6) is 11.5 Å². The Labute approximate surface area is 156 Å². The van der Waals surface area contributed by atoms with E-state index >= 15 is 0 Å². The molecule has 1 unspecified atom stereocenters. The molecular weight excluding hydrogens is 330 g/mol. The monoisotopic (exact) mass is 361 g/mol. The van der Waals surface area contributed by atoms with Gasteiger partial charge < -0.3 is 9.84 Å². The van der Waals surface area contributed by atoms with Crippen molar-refractivity contribution in [2.75, 3.05) is 0 Å². The number of hydrogen-bond donors (Lipinski definition) is 1. The molecule has 0 radical (unpaired) electrons. The molecule has 26 heavy (non-hydrogen) atoms. The lowest BCUT2D eigenvalue weighted by molar-refractivity contribution is -0.430. The van der Waals surface area contributed by atoms with Crippen LogP contribution in [0.2, 0.25) is 0 Å². The van der Waals surface area contributed by atoms with Crippen molar-refractivity contribution in [1.29, 1.82) is 0 Å². The SMILES string of the molecule is CCCCCC=C(CC1(C)CCc2c(C)c(O)c(C)c(C)c2O1)[N+](=O)[O-]. The minimum absolute atomic E-state index is 0.247. The van der Waals surface area contributed by atoms with E-state index in [1.165, 1.54) is 0 Å². The summed E-state index contributed by atoms with van der Waals surface area (Å²) in [6.45, 7) is 9.80. The minimum Gasteiger partial charge on any atom is -0.507 e. The van der Waals surface area contributed by atoms with E-state index in [0.29, 0.717) is 18.6 Å². The molecular formula is C21H31NO4. The van der Waals surface area contributed by atoms with Gasteiger partial charge in [-0.15, -0.1) is 0 Å². The Bertz CT molecular complexity index is 723. The number of allylic oxidation sites excluding steroid dienone is 1. The predicted octanol–water partition coefficient (Wildman–Crippen LogP) is 5.53.